The highest BCUT2D eigenvalue weighted by atomic mass is 16.3. The summed E-state index contributed by atoms with van der Waals surface area (Å²) in [4.78, 5) is 18.9. The summed E-state index contributed by atoms with van der Waals surface area (Å²) >= 11 is 0. The van der Waals surface area contributed by atoms with Crippen LogP contribution in [0.25, 0.3) is 0 Å². The largest absolute Gasteiger partial charge is 0.386 e. The second-order valence-electron chi connectivity index (χ2n) is 6.61. The number of para-hydroxylation sites is 1. The third-order valence-corrected chi connectivity index (χ3v) is 4.73. The van der Waals surface area contributed by atoms with Crippen molar-refractivity contribution >= 4 is 17.4 Å². The van der Waals surface area contributed by atoms with Gasteiger partial charge < -0.3 is 15.3 Å². The molecule has 2 aromatic heterocycles. The second-order valence-corrected chi connectivity index (χ2v) is 6.61. The summed E-state index contributed by atoms with van der Waals surface area (Å²) in [5.41, 5.74) is 3.46. The first-order valence-electron chi connectivity index (χ1n) is 8.88. The molecule has 0 bridgehead atoms. The Morgan fingerprint density at radius 2 is 2.11 bits per heavy atom. The fourth-order valence-corrected chi connectivity index (χ4v) is 3.26. The highest BCUT2D eigenvalue weighted by molar-refractivity contribution is 6.07. The van der Waals surface area contributed by atoms with Crippen molar-refractivity contribution in [3.05, 3.63) is 71.7 Å². The quantitative estimate of drug-likeness (QED) is 0.726. The summed E-state index contributed by atoms with van der Waals surface area (Å²) in [6.07, 6.45) is 5.18. The van der Waals surface area contributed by atoms with Crippen LogP contribution < -0.4 is 10.2 Å². The molecule has 0 saturated heterocycles. The number of aromatic nitrogens is 3. The van der Waals surface area contributed by atoms with Crippen LogP contribution in [-0.4, -0.2) is 38.9 Å². The van der Waals surface area contributed by atoms with Crippen LogP contribution in [0.1, 0.15) is 27.6 Å². The van der Waals surface area contributed by atoms with Crippen LogP contribution >= 0.6 is 0 Å². The summed E-state index contributed by atoms with van der Waals surface area (Å²) in [5, 5.41) is 17.3. The Balaban J connectivity index is 1.40. The summed E-state index contributed by atoms with van der Waals surface area (Å²) in [7, 11) is 1.81. The number of pyridine rings is 1. The molecule has 1 unspecified atom stereocenters. The SMILES string of the molecule is Cn1cc(C(O)CNc2ccc(C(=O)N3CCc4ccccc43)cn2)cn1. The second kappa shape index (κ2) is 7.20. The fraction of sp³-hybridized carbons (Fsp3) is 0.250. The molecule has 4 rings (SSSR count). The van der Waals surface area contributed by atoms with E-state index in [9.17, 15) is 9.90 Å². The van der Waals surface area contributed by atoms with Gasteiger partial charge in [-0.15, -0.1) is 0 Å². The van der Waals surface area contributed by atoms with Crippen LogP contribution in [0.4, 0.5) is 11.5 Å². The van der Waals surface area contributed by atoms with E-state index in [2.05, 4.69) is 21.5 Å². The van der Waals surface area contributed by atoms with Crippen molar-refractivity contribution in [2.75, 3.05) is 23.3 Å². The Morgan fingerprint density at radius 1 is 1.26 bits per heavy atom. The maximum atomic E-state index is 12.8. The molecule has 0 spiro atoms. The number of benzene rings is 1. The molecule has 0 saturated carbocycles. The van der Waals surface area contributed by atoms with Gasteiger partial charge in [0.1, 0.15) is 5.82 Å². The van der Waals surface area contributed by atoms with Crippen molar-refractivity contribution < 1.29 is 9.90 Å². The fourth-order valence-electron chi connectivity index (χ4n) is 3.26. The maximum absolute atomic E-state index is 12.8. The molecule has 1 aromatic carbocycles. The van der Waals surface area contributed by atoms with Crippen LogP contribution in [0.3, 0.4) is 0 Å². The van der Waals surface area contributed by atoms with E-state index in [-0.39, 0.29) is 5.91 Å². The van der Waals surface area contributed by atoms with Crippen molar-refractivity contribution in [2.45, 2.75) is 12.5 Å². The molecule has 138 valence electrons. The van der Waals surface area contributed by atoms with Crippen molar-refractivity contribution in [2.24, 2.45) is 7.05 Å². The zero-order chi connectivity index (χ0) is 18.8. The smallest absolute Gasteiger partial charge is 0.259 e. The van der Waals surface area contributed by atoms with E-state index in [4.69, 9.17) is 0 Å². The van der Waals surface area contributed by atoms with Crippen LogP contribution in [0, 0.1) is 0 Å². The maximum Gasteiger partial charge on any atom is 0.259 e. The van der Waals surface area contributed by atoms with E-state index in [1.807, 2.05) is 18.2 Å². The van der Waals surface area contributed by atoms with E-state index < -0.39 is 6.10 Å². The molecule has 27 heavy (non-hydrogen) atoms. The van der Waals surface area contributed by atoms with E-state index in [0.717, 1.165) is 17.7 Å². The zero-order valence-electron chi connectivity index (χ0n) is 15.0. The van der Waals surface area contributed by atoms with Crippen molar-refractivity contribution in [1.29, 1.82) is 0 Å². The van der Waals surface area contributed by atoms with Gasteiger partial charge in [0.25, 0.3) is 5.91 Å². The topological polar surface area (TPSA) is 83.3 Å². The van der Waals surface area contributed by atoms with Gasteiger partial charge in [0.2, 0.25) is 0 Å². The monoisotopic (exact) mass is 363 g/mol. The molecule has 1 aliphatic rings. The summed E-state index contributed by atoms with van der Waals surface area (Å²) in [6.45, 7) is 1.00. The molecule has 3 aromatic rings. The number of aliphatic hydroxyl groups excluding tert-OH is 1. The minimum absolute atomic E-state index is 0.0469. The number of hydrogen-bond donors (Lipinski definition) is 2. The minimum atomic E-state index is -0.678. The predicted molar refractivity (Wildman–Crippen MR) is 103 cm³/mol. The van der Waals surface area contributed by atoms with Gasteiger partial charge in [-0.05, 0) is 30.2 Å². The normalized spacial score (nSPS) is 14.1. The average Bonchev–Trinajstić information content (AvgIpc) is 3.32. The first kappa shape index (κ1) is 17.2. The van der Waals surface area contributed by atoms with Gasteiger partial charge in [-0.3, -0.25) is 9.48 Å². The van der Waals surface area contributed by atoms with Crippen molar-refractivity contribution in [3.8, 4) is 0 Å². The molecule has 2 N–H and O–H groups in total. The molecular weight excluding hydrogens is 342 g/mol. The van der Waals surface area contributed by atoms with E-state index >= 15 is 0 Å². The number of nitrogens with zero attached hydrogens (tertiary/aromatic N) is 4. The lowest BCUT2D eigenvalue weighted by molar-refractivity contribution is 0.0989. The number of fused-ring (bicyclic) bond motifs is 1. The van der Waals surface area contributed by atoms with Gasteiger partial charge in [0.15, 0.2) is 0 Å². The highest BCUT2D eigenvalue weighted by Crippen LogP contribution is 2.28. The number of aryl methyl sites for hydroxylation is 1. The van der Waals surface area contributed by atoms with Gasteiger partial charge in [0.05, 0.1) is 17.9 Å². The summed E-state index contributed by atoms with van der Waals surface area (Å²) < 4.78 is 1.65. The van der Waals surface area contributed by atoms with Crippen LogP contribution in [0.5, 0.6) is 0 Å². The number of amides is 1. The number of rotatable bonds is 5. The number of aliphatic hydroxyl groups is 1. The van der Waals surface area contributed by atoms with Gasteiger partial charge in [-0.2, -0.15) is 5.10 Å². The number of anilines is 2. The Bertz CT molecular complexity index is 951. The first-order valence-corrected chi connectivity index (χ1v) is 8.88. The molecule has 0 fully saturated rings. The van der Waals surface area contributed by atoms with E-state index in [1.54, 1.807) is 47.4 Å². The number of nitrogens with one attached hydrogen (secondary N) is 1. The lowest BCUT2D eigenvalue weighted by atomic mass is 10.2. The molecule has 1 atom stereocenters. The first-order chi connectivity index (χ1) is 13.1. The molecule has 1 aliphatic heterocycles. The van der Waals surface area contributed by atoms with Gasteiger partial charge in [-0.1, -0.05) is 18.2 Å². The number of carbonyl (C=O) groups is 1. The molecule has 0 aliphatic carbocycles. The minimum Gasteiger partial charge on any atom is -0.386 e. The van der Waals surface area contributed by atoms with Crippen molar-refractivity contribution in [1.82, 2.24) is 14.8 Å². The summed E-state index contributed by atoms with van der Waals surface area (Å²) in [5.74, 6) is 0.561. The standard InChI is InChI=1S/C20H21N5O2/c1-24-13-16(11-23-24)18(26)12-22-19-7-6-15(10-21-19)20(27)25-9-8-14-4-2-3-5-17(14)25/h2-7,10-11,13,18,26H,8-9,12H2,1H3,(H,21,22). The lowest BCUT2D eigenvalue weighted by Gasteiger charge is -2.17. The van der Waals surface area contributed by atoms with Gasteiger partial charge >= 0.3 is 0 Å². The Morgan fingerprint density at radius 3 is 2.85 bits per heavy atom. The Labute approximate surface area is 157 Å². The molecule has 0 radical (unpaired) electrons. The molecular formula is C20H21N5O2. The van der Waals surface area contributed by atoms with E-state index in [1.165, 1.54) is 5.56 Å². The predicted octanol–water partition coefficient (Wildman–Crippen LogP) is 2.16. The third-order valence-electron chi connectivity index (χ3n) is 4.73. The third kappa shape index (κ3) is 3.54. The lowest BCUT2D eigenvalue weighted by Crippen LogP contribution is -2.29. The zero-order valence-corrected chi connectivity index (χ0v) is 15.0. The molecule has 7 nitrogen and oxygen atoms in total. The van der Waals surface area contributed by atoms with Gasteiger partial charge in [-0.25, -0.2) is 4.98 Å². The van der Waals surface area contributed by atoms with Crippen molar-refractivity contribution in [3.63, 3.8) is 0 Å². The van der Waals surface area contributed by atoms with E-state index in [0.29, 0.717) is 24.5 Å². The van der Waals surface area contributed by atoms with Crippen LogP contribution in [0.15, 0.2) is 55.0 Å². The van der Waals surface area contributed by atoms with Crippen LogP contribution in [0.2, 0.25) is 0 Å². The Kier molecular flexibility index (Phi) is 4.60. The number of hydrogen-bond acceptors (Lipinski definition) is 5. The summed E-state index contributed by atoms with van der Waals surface area (Å²) in [6, 6.07) is 11.5. The highest BCUT2D eigenvalue weighted by Gasteiger charge is 2.25. The molecule has 1 amide bonds. The average molecular weight is 363 g/mol. The Hall–Kier alpha value is -3.19. The number of carbonyl (C=O) groups excluding carboxylic acids is 1. The molecule has 7 heteroatoms. The van der Waals surface area contributed by atoms with Gasteiger partial charge in [0, 0.05) is 43.8 Å². The van der Waals surface area contributed by atoms with Crippen LogP contribution in [-0.2, 0) is 13.5 Å². The molecule has 3 heterocycles.